The number of rotatable bonds is 8. The number of aryl methyl sites for hydroxylation is 1. The molecular formula is C17H19ClN2O2S. The average Bonchev–Trinajstić information content (AvgIpc) is 2.96. The third kappa shape index (κ3) is 6.84. The largest absolute Gasteiger partial charge is 0.494 e. The monoisotopic (exact) mass is 350 g/mol. The zero-order chi connectivity index (χ0) is 16.5. The molecule has 1 heterocycles. The fourth-order valence-corrected chi connectivity index (χ4v) is 2.54. The van der Waals surface area contributed by atoms with Gasteiger partial charge in [0.05, 0.1) is 17.3 Å². The number of thiazole rings is 1. The van der Waals surface area contributed by atoms with Crippen LogP contribution >= 0.6 is 22.9 Å². The van der Waals surface area contributed by atoms with E-state index in [2.05, 4.69) is 10.3 Å². The van der Waals surface area contributed by atoms with Gasteiger partial charge in [0, 0.05) is 23.0 Å². The normalized spacial score (nSPS) is 10.9. The first-order valence-electron chi connectivity index (χ1n) is 7.40. The zero-order valence-corrected chi connectivity index (χ0v) is 14.5. The van der Waals surface area contributed by atoms with E-state index in [1.165, 1.54) is 6.08 Å². The van der Waals surface area contributed by atoms with Crippen LogP contribution in [0.3, 0.4) is 0 Å². The maximum absolute atomic E-state index is 11.6. The second kappa shape index (κ2) is 9.33. The van der Waals surface area contributed by atoms with E-state index in [1.807, 2.05) is 24.4 Å². The highest BCUT2D eigenvalue weighted by Crippen LogP contribution is 2.15. The van der Waals surface area contributed by atoms with Crippen LogP contribution in [0.1, 0.15) is 23.5 Å². The van der Waals surface area contributed by atoms with Crippen LogP contribution in [0.15, 0.2) is 35.7 Å². The van der Waals surface area contributed by atoms with Gasteiger partial charge in [-0.2, -0.15) is 0 Å². The number of aromatic nitrogens is 1. The highest BCUT2D eigenvalue weighted by molar-refractivity contribution is 7.09. The van der Waals surface area contributed by atoms with Gasteiger partial charge in [-0.15, -0.1) is 11.3 Å². The van der Waals surface area contributed by atoms with Crippen molar-refractivity contribution < 1.29 is 9.53 Å². The summed E-state index contributed by atoms with van der Waals surface area (Å²) in [6, 6.07) is 7.28. The topological polar surface area (TPSA) is 51.2 Å². The molecule has 2 aromatic rings. The molecule has 0 aliphatic heterocycles. The number of hydrogen-bond donors (Lipinski definition) is 1. The Balaban J connectivity index is 1.55. The molecule has 1 N–H and O–H groups in total. The average molecular weight is 351 g/mol. The third-order valence-electron chi connectivity index (χ3n) is 2.99. The predicted molar refractivity (Wildman–Crippen MR) is 95.1 cm³/mol. The number of nitrogens with zero attached hydrogens (tertiary/aromatic N) is 1. The lowest BCUT2D eigenvalue weighted by Gasteiger charge is -2.06. The number of amides is 1. The number of benzene rings is 1. The molecule has 23 heavy (non-hydrogen) atoms. The van der Waals surface area contributed by atoms with Gasteiger partial charge in [-0.25, -0.2) is 4.98 Å². The molecule has 2 rings (SSSR count). The van der Waals surface area contributed by atoms with Gasteiger partial charge in [0.2, 0.25) is 5.91 Å². The molecule has 0 radical (unpaired) electrons. The number of ether oxygens (including phenoxy) is 1. The first kappa shape index (κ1) is 17.5. The van der Waals surface area contributed by atoms with Crippen molar-refractivity contribution in [2.45, 2.75) is 19.8 Å². The van der Waals surface area contributed by atoms with E-state index in [9.17, 15) is 4.79 Å². The number of unbranched alkanes of at least 4 members (excludes halogenated alkanes) is 1. The van der Waals surface area contributed by atoms with E-state index in [1.54, 1.807) is 29.5 Å². The minimum atomic E-state index is -0.103. The van der Waals surface area contributed by atoms with Gasteiger partial charge in [-0.3, -0.25) is 4.79 Å². The summed E-state index contributed by atoms with van der Waals surface area (Å²) in [5, 5.41) is 6.45. The molecule has 0 bridgehead atoms. The molecular weight excluding hydrogens is 332 g/mol. The Morgan fingerprint density at radius 2 is 2.13 bits per heavy atom. The molecule has 1 aromatic heterocycles. The lowest BCUT2D eigenvalue weighted by Crippen LogP contribution is -2.22. The molecule has 0 atom stereocenters. The molecule has 0 spiro atoms. The number of nitrogens with one attached hydrogen (secondary N) is 1. The minimum absolute atomic E-state index is 0.103. The first-order valence-corrected chi connectivity index (χ1v) is 8.65. The van der Waals surface area contributed by atoms with Crippen molar-refractivity contribution in [1.82, 2.24) is 10.3 Å². The van der Waals surface area contributed by atoms with E-state index in [0.717, 1.165) is 29.3 Å². The van der Waals surface area contributed by atoms with Gasteiger partial charge in [0.15, 0.2) is 0 Å². The molecule has 122 valence electrons. The van der Waals surface area contributed by atoms with E-state index < -0.39 is 0 Å². The fourth-order valence-electron chi connectivity index (χ4n) is 1.84. The Kier molecular flexibility index (Phi) is 7.10. The van der Waals surface area contributed by atoms with Gasteiger partial charge in [0.1, 0.15) is 5.75 Å². The number of hydrogen-bond acceptors (Lipinski definition) is 4. The van der Waals surface area contributed by atoms with Crippen LogP contribution in [-0.2, 0) is 4.79 Å². The van der Waals surface area contributed by atoms with Crippen LogP contribution in [0.2, 0.25) is 5.02 Å². The number of carbonyl (C=O) groups excluding carboxylic acids is 1. The van der Waals surface area contributed by atoms with Crippen LogP contribution in [0.5, 0.6) is 5.75 Å². The van der Waals surface area contributed by atoms with Crippen LogP contribution in [0, 0.1) is 6.92 Å². The van der Waals surface area contributed by atoms with E-state index in [4.69, 9.17) is 16.3 Å². The fraction of sp³-hybridized carbons (Fsp3) is 0.294. The van der Waals surface area contributed by atoms with E-state index in [-0.39, 0.29) is 5.91 Å². The van der Waals surface area contributed by atoms with Gasteiger partial charge in [-0.05, 0) is 50.1 Å². The maximum atomic E-state index is 11.6. The van der Waals surface area contributed by atoms with Crippen molar-refractivity contribution in [1.29, 1.82) is 0 Å². The van der Waals surface area contributed by atoms with Crippen LogP contribution in [0.4, 0.5) is 0 Å². The summed E-state index contributed by atoms with van der Waals surface area (Å²) in [4.78, 5) is 15.9. The van der Waals surface area contributed by atoms with Crippen molar-refractivity contribution in [2.24, 2.45) is 0 Å². The van der Waals surface area contributed by atoms with Crippen molar-refractivity contribution >= 4 is 34.9 Å². The summed E-state index contributed by atoms with van der Waals surface area (Å²) in [7, 11) is 0. The first-order chi connectivity index (χ1) is 11.1. The maximum Gasteiger partial charge on any atom is 0.244 e. The summed E-state index contributed by atoms with van der Waals surface area (Å²) >= 11 is 7.37. The zero-order valence-electron chi connectivity index (χ0n) is 12.9. The number of carbonyl (C=O) groups is 1. The van der Waals surface area contributed by atoms with Gasteiger partial charge in [-0.1, -0.05) is 11.6 Å². The summed E-state index contributed by atoms with van der Waals surface area (Å²) in [6.45, 7) is 3.18. The highest BCUT2D eigenvalue weighted by atomic mass is 35.5. The Morgan fingerprint density at radius 3 is 2.83 bits per heavy atom. The van der Waals surface area contributed by atoms with Gasteiger partial charge in [0.25, 0.3) is 0 Å². The van der Waals surface area contributed by atoms with Crippen molar-refractivity contribution in [3.8, 4) is 5.75 Å². The Bertz CT molecular complexity index is 653. The Hall–Kier alpha value is -1.85. The summed E-state index contributed by atoms with van der Waals surface area (Å²) < 4.78 is 5.58. The Morgan fingerprint density at radius 1 is 1.35 bits per heavy atom. The van der Waals surface area contributed by atoms with Crippen LogP contribution in [0.25, 0.3) is 6.08 Å². The van der Waals surface area contributed by atoms with Crippen molar-refractivity contribution in [3.63, 3.8) is 0 Å². The summed E-state index contributed by atoms with van der Waals surface area (Å²) in [5.74, 6) is 0.703. The molecule has 0 saturated heterocycles. The third-order valence-corrected chi connectivity index (χ3v) is 4.04. The smallest absolute Gasteiger partial charge is 0.244 e. The van der Waals surface area contributed by atoms with E-state index in [0.29, 0.717) is 18.2 Å². The molecule has 0 saturated carbocycles. The summed E-state index contributed by atoms with van der Waals surface area (Å²) in [5.41, 5.74) is 0.819. The molecule has 0 aliphatic carbocycles. The molecule has 1 aromatic carbocycles. The molecule has 0 aliphatic rings. The standard InChI is InChI=1S/C17H19ClN2O2S/c1-13-20-15(12-23-13)6-9-17(21)19-10-2-3-11-22-16-7-4-14(18)5-8-16/h4-9,12H,2-3,10-11H2,1H3,(H,19,21)/b9-6+. The second-order valence-corrected chi connectivity index (χ2v) is 6.42. The summed E-state index contributed by atoms with van der Waals surface area (Å²) in [6.07, 6.45) is 4.97. The highest BCUT2D eigenvalue weighted by Gasteiger charge is 1.98. The quantitative estimate of drug-likeness (QED) is 0.576. The molecule has 4 nitrogen and oxygen atoms in total. The lowest BCUT2D eigenvalue weighted by atomic mass is 10.3. The van der Waals surface area contributed by atoms with Crippen molar-refractivity contribution in [2.75, 3.05) is 13.2 Å². The molecule has 1 amide bonds. The lowest BCUT2D eigenvalue weighted by molar-refractivity contribution is -0.116. The van der Waals surface area contributed by atoms with Crippen LogP contribution < -0.4 is 10.1 Å². The minimum Gasteiger partial charge on any atom is -0.494 e. The van der Waals surface area contributed by atoms with Crippen LogP contribution in [-0.4, -0.2) is 24.0 Å². The molecule has 0 unspecified atom stereocenters. The SMILES string of the molecule is Cc1nc(/C=C/C(=O)NCCCCOc2ccc(Cl)cc2)cs1. The molecule has 0 fully saturated rings. The van der Waals surface area contributed by atoms with E-state index >= 15 is 0 Å². The predicted octanol–water partition coefficient (Wildman–Crippen LogP) is 4.09. The second-order valence-electron chi connectivity index (χ2n) is 4.93. The molecule has 6 heteroatoms. The van der Waals surface area contributed by atoms with Gasteiger partial charge >= 0.3 is 0 Å². The number of halogens is 1. The Labute approximate surface area is 145 Å². The van der Waals surface area contributed by atoms with Crippen molar-refractivity contribution in [3.05, 3.63) is 51.4 Å². The van der Waals surface area contributed by atoms with Gasteiger partial charge < -0.3 is 10.1 Å².